The van der Waals surface area contributed by atoms with Crippen molar-refractivity contribution in [2.24, 2.45) is 0 Å². The molecule has 0 spiro atoms. The summed E-state index contributed by atoms with van der Waals surface area (Å²) in [7, 11) is 0. The first kappa shape index (κ1) is 56.1. The van der Waals surface area contributed by atoms with E-state index >= 15 is 0 Å². The van der Waals surface area contributed by atoms with Crippen molar-refractivity contribution in [1.29, 1.82) is 0 Å². The first-order valence-electron chi connectivity index (χ1n) is 34.1. The van der Waals surface area contributed by atoms with Crippen LogP contribution in [0.15, 0.2) is 324 Å². The largest absolute Gasteiger partial charge is 0.454 e. The van der Waals surface area contributed by atoms with Crippen molar-refractivity contribution in [3.63, 3.8) is 0 Å². The average molecular weight is 1250 g/mol. The number of benzene rings is 16. The Morgan fingerprint density at radius 2 is 0.684 bits per heavy atom. The molecular formula is C94H64N2O2. The zero-order chi connectivity index (χ0) is 65.1. The Balaban J connectivity index is 0.722. The molecule has 0 bridgehead atoms. The summed E-state index contributed by atoms with van der Waals surface area (Å²) < 4.78 is 14.2. The molecule has 462 valence electrons. The molecule has 2 aliphatic rings. The van der Waals surface area contributed by atoms with E-state index in [0.29, 0.717) is 0 Å². The first-order chi connectivity index (χ1) is 48.1. The minimum atomic E-state index is -0.366. The van der Waals surface area contributed by atoms with Gasteiger partial charge in [-0.15, -0.1) is 0 Å². The monoisotopic (exact) mass is 1250 g/mol. The molecule has 2 aliphatic carbocycles. The number of hydrogen-bond donors (Lipinski definition) is 0. The highest BCUT2D eigenvalue weighted by atomic mass is 16.3. The maximum Gasteiger partial charge on any atom is 0.159 e. The van der Waals surface area contributed by atoms with E-state index in [9.17, 15) is 0 Å². The molecule has 0 unspecified atom stereocenters. The standard InChI is InChI=1S/C94H64N2O2/c1-93(2)78-53-61-29-12-11-28-60(61)51-76(78)89-71-36-15-13-33-68(71)85(55-80(89)93)95(66-31-21-30-59(49-66)57-24-7-5-8-25-57)83-41-23-39-74-75-50-63(46-47-88(75)98-92(74)83)62-44-45-64-52-77-79(54-65(64)48-62)94(3,4)81-56-86(69-34-14-16-37-72(69)90(77)81)96(82-40-19-17-32-67(82)58-26-9-6-10-27-58)84-42-22-38-73-70-35-18-20-43-87(70)97-91(73)84/h5-56H,1-4H3. The van der Waals surface area contributed by atoms with Gasteiger partial charge in [0.05, 0.1) is 28.4 Å². The van der Waals surface area contributed by atoms with Gasteiger partial charge in [0, 0.05) is 54.4 Å². The molecule has 4 heteroatoms. The fraction of sp³-hybridized carbons (Fsp3) is 0.0638. The molecule has 2 heterocycles. The summed E-state index contributed by atoms with van der Waals surface area (Å²) in [5.74, 6) is 0. The Morgan fingerprint density at radius 1 is 0.235 bits per heavy atom. The molecule has 16 aromatic carbocycles. The van der Waals surface area contributed by atoms with Gasteiger partial charge < -0.3 is 18.6 Å². The van der Waals surface area contributed by atoms with Gasteiger partial charge in [0.15, 0.2) is 11.2 Å². The van der Waals surface area contributed by atoms with Gasteiger partial charge in [-0.1, -0.05) is 252 Å². The van der Waals surface area contributed by atoms with Crippen LogP contribution >= 0.6 is 0 Å². The van der Waals surface area contributed by atoms with Crippen LogP contribution in [-0.2, 0) is 10.8 Å². The molecule has 0 amide bonds. The van der Waals surface area contributed by atoms with Crippen LogP contribution in [0.2, 0.25) is 0 Å². The van der Waals surface area contributed by atoms with E-state index in [1.165, 1.54) is 93.2 Å². The number of furan rings is 2. The van der Waals surface area contributed by atoms with Gasteiger partial charge in [-0.2, -0.15) is 0 Å². The summed E-state index contributed by atoms with van der Waals surface area (Å²) in [6.07, 6.45) is 0. The summed E-state index contributed by atoms with van der Waals surface area (Å²) in [5.41, 5.74) is 26.4. The normalized spacial score (nSPS) is 13.5. The van der Waals surface area contributed by atoms with Crippen LogP contribution in [0.5, 0.6) is 0 Å². The number of para-hydroxylation sites is 4. The van der Waals surface area contributed by atoms with Crippen molar-refractivity contribution in [3.05, 3.63) is 338 Å². The molecule has 18 aromatic rings. The van der Waals surface area contributed by atoms with Crippen molar-refractivity contribution in [1.82, 2.24) is 0 Å². The topological polar surface area (TPSA) is 32.8 Å². The highest BCUT2D eigenvalue weighted by molar-refractivity contribution is 6.18. The summed E-state index contributed by atoms with van der Waals surface area (Å²) in [6.45, 7) is 9.62. The SMILES string of the molecule is CC1(C)c2cc3ccccc3cc2-c2c1cc(N(c1cccc(-c3ccccc3)c1)c1cccc3c1oc1ccc(-c4ccc5cc6c(cc5c4)C(C)(C)c4cc(N(c5ccccc5-c5ccccc5)c5cccc7c5oc5ccccc57)c5ccccc5c4-6)cc13)c1ccccc21. The molecule has 0 fully saturated rings. The third-order valence-electron chi connectivity index (χ3n) is 21.7. The fourth-order valence-electron chi connectivity index (χ4n) is 16.9. The minimum Gasteiger partial charge on any atom is -0.454 e. The smallest absolute Gasteiger partial charge is 0.159 e. The van der Waals surface area contributed by atoms with E-state index in [0.717, 1.165) is 106 Å². The lowest BCUT2D eigenvalue weighted by Crippen LogP contribution is -2.17. The Labute approximate surface area is 568 Å². The predicted molar refractivity (Wildman–Crippen MR) is 412 cm³/mol. The second-order valence-electron chi connectivity index (χ2n) is 27.9. The lowest BCUT2D eigenvalue weighted by atomic mass is 9.81. The Morgan fingerprint density at radius 3 is 1.36 bits per heavy atom. The van der Waals surface area contributed by atoms with Crippen molar-refractivity contribution in [3.8, 4) is 55.6 Å². The average Bonchev–Trinajstić information content (AvgIpc) is 1.53. The molecule has 2 aromatic heterocycles. The minimum absolute atomic E-state index is 0.274. The van der Waals surface area contributed by atoms with Crippen LogP contribution in [0, 0.1) is 0 Å². The van der Waals surface area contributed by atoms with Crippen LogP contribution in [0.4, 0.5) is 34.1 Å². The molecule has 20 rings (SSSR count). The van der Waals surface area contributed by atoms with E-state index in [-0.39, 0.29) is 10.8 Å². The van der Waals surface area contributed by atoms with Crippen LogP contribution < -0.4 is 9.80 Å². The molecule has 0 saturated carbocycles. The third-order valence-corrected chi connectivity index (χ3v) is 21.7. The van der Waals surface area contributed by atoms with Crippen LogP contribution in [-0.4, -0.2) is 0 Å². The fourth-order valence-corrected chi connectivity index (χ4v) is 16.9. The van der Waals surface area contributed by atoms with Gasteiger partial charge in [0.25, 0.3) is 0 Å². The summed E-state index contributed by atoms with van der Waals surface area (Å²) >= 11 is 0. The predicted octanol–water partition coefficient (Wildman–Crippen LogP) is 26.7. The molecule has 0 saturated heterocycles. The highest BCUT2D eigenvalue weighted by Crippen LogP contribution is 2.59. The highest BCUT2D eigenvalue weighted by Gasteiger charge is 2.41. The van der Waals surface area contributed by atoms with Crippen molar-refractivity contribution in [2.45, 2.75) is 38.5 Å². The number of fused-ring (bicyclic) bond motifs is 18. The Bertz CT molecular complexity index is 6390. The first-order valence-corrected chi connectivity index (χ1v) is 34.1. The number of anilines is 6. The van der Waals surface area contributed by atoms with Crippen LogP contribution in [0.3, 0.4) is 0 Å². The molecule has 4 nitrogen and oxygen atoms in total. The van der Waals surface area contributed by atoms with Crippen molar-refractivity contribution >= 4 is 121 Å². The lowest BCUT2D eigenvalue weighted by molar-refractivity contribution is 0.661. The summed E-state index contributed by atoms with van der Waals surface area (Å²) in [4.78, 5) is 4.93. The van der Waals surface area contributed by atoms with Gasteiger partial charge in [-0.05, 0) is 196 Å². The number of nitrogens with zero attached hydrogens (tertiary/aromatic N) is 2. The van der Waals surface area contributed by atoms with E-state index < -0.39 is 0 Å². The maximum atomic E-state index is 7.24. The van der Waals surface area contributed by atoms with E-state index in [1.54, 1.807) is 0 Å². The van der Waals surface area contributed by atoms with Gasteiger partial charge in [-0.3, -0.25) is 0 Å². The van der Waals surface area contributed by atoms with Crippen molar-refractivity contribution in [2.75, 3.05) is 9.80 Å². The van der Waals surface area contributed by atoms with Crippen LogP contribution in [0.1, 0.15) is 49.9 Å². The van der Waals surface area contributed by atoms with Gasteiger partial charge in [-0.25, -0.2) is 0 Å². The Hall–Kier alpha value is -12.2. The summed E-state index contributed by atoms with van der Waals surface area (Å²) in [5, 5.41) is 14.1. The van der Waals surface area contributed by atoms with Gasteiger partial charge >= 0.3 is 0 Å². The maximum absolute atomic E-state index is 7.24. The van der Waals surface area contributed by atoms with Gasteiger partial charge in [0.1, 0.15) is 11.2 Å². The molecule has 98 heavy (non-hydrogen) atoms. The molecule has 0 atom stereocenters. The van der Waals surface area contributed by atoms with Crippen molar-refractivity contribution < 1.29 is 8.83 Å². The molecular weight excluding hydrogens is 1190 g/mol. The third kappa shape index (κ3) is 8.31. The number of rotatable bonds is 9. The zero-order valence-electron chi connectivity index (χ0n) is 54.7. The molecule has 0 aliphatic heterocycles. The van der Waals surface area contributed by atoms with E-state index in [2.05, 4.69) is 353 Å². The zero-order valence-corrected chi connectivity index (χ0v) is 54.7. The molecule has 0 N–H and O–H groups in total. The lowest BCUT2D eigenvalue weighted by Gasteiger charge is -2.31. The second-order valence-corrected chi connectivity index (χ2v) is 27.9. The quantitative estimate of drug-likeness (QED) is 0.144. The second kappa shape index (κ2) is 21.1. The number of hydrogen-bond acceptors (Lipinski definition) is 4. The van der Waals surface area contributed by atoms with Crippen LogP contribution in [0.25, 0.3) is 143 Å². The van der Waals surface area contributed by atoms with Gasteiger partial charge in [0.2, 0.25) is 0 Å². The Kier molecular flexibility index (Phi) is 12.1. The summed E-state index contributed by atoms with van der Waals surface area (Å²) in [6, 6.07) is 116. The molecule has 0 radical (unpaired) electrons. The van der Waals surface area contributed by atoms with E-state index in [4.69, 9.17) is 8.83 Å². The van der Waals surface area contributed by atoms with E-state index in [1.807, 2.05) is 0 Å².